The summed E-state index contributed by atoms with van der Waals surface area (Å²) >= 11 is 0. The molecular weight excluding hydrogens is 304 g/mol. The van der Waals surface area contributed by atoms with E-state index in [9.17, 15) is 0 Å². The number of pyridine rings is 1. The topological polar surface area (TPSA) is 12.9 Å². The van der Waals surface area contributed by atoms with E-state index in [0.717, 1.165) is 10.2 Å². The summed E-state index contributed by atoms with van der Waals surface area (Å²) in [5.41, 5.74) is 3.78. The number of aromatic nitrogens is 1. The van der Waals surface area contributed by atoms with E-state index in [1.165, 1.54) is 69.4 Å². The SMILES string of the molecule is CCCC[N+](CCCC)(CCCC)c1cccc(-c2ccccn2)c1. The Morgan fingerprint density at radius 1 is 0.760 bits per heavy atom. The van der Waals surface area contributed by atoms with Gasteiger partial charge in [-0.05, 0) is 37.5 Å². The van der Waals surface area contributed by atoms with Crippen molar-refractivity contribution in [2.45, 2.75) is 59.3 Å². The molecule has 2 aromatic rings. The van der Waals surface area contributed by atoms with Gasteiger partial charge in [0.2, 0.25) is 0 Å². The molecule has 1 aromatic heterocycles. The second-order valence-corrected chi connectivity index (χ2v) is 7.14. The second kappa shape index (κ2) is 10.4. The third-order valence-corrected chi connectivity index (χ3v) is 5.17. The zero-order valence-electron chi connectivity index (χ0n) is 16.4. The van der Waals surface area contributed by atoms with Gasteiger partial charge in [0.1, 0.15) is 5.69 Å². The van der Waals surface area contributed by atoms with Crippen LogP contribution in [0.25, 0.3) is 11.3 Å². The standard InChI is InChI=1S/C23H35N2/c1-4-7-17-25(18-8-5-2,19-9-6-3)22-14-12-13-21(20-22)23-15-10-11-16-24-23/h10-16,20H,4-9,17-19H2,1-3H3/q+1. The van der Waals surface area contributed by atoms with Crippen LogP contribution in [0.1, 0.15) is 59.3 Å². The van der Waals surface area contributed by atoms with Gasteiger partial charge in [-0.3, -0.25) is 9.47 Å². The highest BCUT2D eigenvalue weighted by atomic mass is 15.4. The van der Waals surface area contributed by atoms with Crippen LogP contribution in [0.3, 0.4) is 0 Å². The van der Waals surface area contributed by atoms with Crippen molar-refractivity contribution in [3.8, 4) is 11.3 Å². The molecule has 0 radical (unpaired) electrons. The van der Waals surface area contributed by atoms with E-state index < -0.39 is 0 Å². The summed E-state index contributed by atoms with van der Waals surface area (Å²) in [7, 11) is 0. The van der Waals surface area contributed by atoms with Gasteiger partial charge in [0, 0.05) is 17.8 Å². The molecule has 136 valence electrons. The lowest BCUT2D eigenvalue weighted by Crippen LogP contribution is -2.51. The number of quaternary nitrogens is 1. The molecule has 0 bridgehead atoms. The van der Waals surface area contributed by atoms with Gasteiger partial charge in [0.25, 0.3) is 0 Å². The molecule has 0 amide bonds. The highest BCUT2D eigenvalue weighted by molar-refractivity contribution is 5.64. The van der Waals surface area contributed by atoms with E-state index in [1.807, 2.05) is 12.3 Å². The first-order valence-corrected chi connectivity index (χ1v) is 10.1. The highest BCUT2D eigenvalue weighted by Gasteiger charge is 2.29. The Hall–Kier alpha value is -1.67. The maximum absolute atomic E-state index is 4.55. The third-order valence-electron chi connectivity index (χ3n) is 5.17. The van der Waals surface area contributed by atoms with Crippen molar-refractivity contribution in [3.05, 3.63) is 48.7 Å². The smallest absolute Gasteiger partial charge is 0.133 e. The fourth-order valence-corrected chi connectivity index (χ4v) is 3.60. The molecule has 0 saturated heterocycles. The summed E-state index contributed by atoms with van der Waals surface area (Å²) in [5, 5.41) is 0. The van der Waals surface area contributed by atoms with E-state index in [4.69, 9.17) is 0 Å². The van der Waals surface area contributed by atoms with Crippen molar-refractivity contribution in [2.24, 2.45) is 0 Å². The number of hydrogen-bond acceptors (Lipinski definition) is 1. The van der Waals surface area contributed by atoms with E-state index in [1.54, 1.807) is 0 Å². The molecule has 0 N–H and O–H groups in total. The molecule has 0 spiro atoms. The number of nitrogens with zero attached hydrogens (tertiary/aromatic N) is 2. The summed E-state index contributed by atoms with van der Waals surface area (Å²) in [4.78, 5) is 4.55. The molecule has 0 saturated carbocycles. The Bertz CT molecular complexity index is 585. The summed E-state index contributed by atoms with van der Waals surface area (Å²) in [5.74, 6) is 0. The first kappa shape index (κ1) is 19.7. The van der Waals surface area contributed by atoms with Crippen LogP contribution < -0.4 is 4.48 Å². The van der Waals surface area contributed by atoms with Crippen molar-refractivity contribution in [2.75, 3.05) is 19.6 Å². The van der Waals surface area contributed by atoms with Crippen molar-refractivity contribution < 1.29 is 0 Å². The van der Waals surface area contributed by atoms with Gasteiger partial charge in [0.05, 0.1) is 25.3 Å². The third kappa shape index (κ3) is 5.40. The van der Waals surface area contributed by atoms with Crippen LogP contribution in [-0.4, -0.2) is 24.6 Å². The van der Waals surface area contributed by atoms with Gasteiger partial charge in [-0.2, -0.15) is 0 Å². The lowest BCUT2D eigenvalue weighted by molar-refractivity contribution is 0.259. The Morgan fingerprint density at radius 2 is 1.40 bits per heavy atom. The first-order chi connectivity index (χ1) is 12.3. The van der Waals surface area contributed by atoms with Crippen LogP contribution in [0.15, 0.2) is 48.7 Å². The molecule has 2 nitrogen and oxygen atoms in total. The summed E-state index contributed by atoms with van der Waals surface area (Å²) < 4.78 is 1.14. The van der Waals surface area contributed by atoms with Crippen molar-refractivity contribution in [3.63, 3.8) is 0 Å². The number of benzene rings is 1. The van der Waals surface area contributed by atoms with Gasteiger partial charge < -0.3 is 0 Å². The number of unbranched alkanes of at least 4 members (excludes halogenated alkanes) is 3. The molecule has 25 heavy (non-hydrogen) atoms. The van der Waals surface area contributed by atoms with Crippen LogP contribution in [0, 0.1) is 0 Å². The fourth-order valence-electron chi connectivity index (χ4n) is 3.60. The molecule has 0 aliphatic rings. The van der Waals surface area contributed by atoms with Gasteiger partial charge in [-0.1, -0.05) is 58.2 Å². The zero-order chi connectivity index (χ0) is 18.0. The van der Waals surface area contributed by atoms with E-state index in [-0.39, 0.29) is 0 Å². The van der Waals surface area contributed by atoms with E-state index in [2.05, 4.69) is 62.2 Å². The van der Waals surface area contributed by atoms with Gasteiger partial charge in [0.15, 0.2) is 0 Å². The number of rotatable bonds is 11. The molecule has 0 unspecified atom stereocenters. The van der Waals surface area contributed by atoms with Crippen molar-refractivity contribution in [1.29, 1.82) is 0 Å². The minimum absolute atomic E-state index is 1.07. The normalized spacial score (nSPS) is 11.6. The van der Waals surface area contributed by atoms with Crippen LogP contribution in [0.4, 0.5) is 5.69 Å². The van der Waals surface area contributed by atoms with Crippen molar-refractivity contribution >= 4 is 5.69 Å². The highest BCUT2D eigenvalue weighted by Crippen LogP contribution is 2.30. The number of hydrogen-bond donors (Lipinski definition) is 0. The lowest BCUT2D eigenvalue weighted by Gasteiger charge is -2.39. The van der Waals surface area contributed by atoms with Crippen LogP contribution >= 0.6 is 0 Å². The largest absolute Gasteiger partial charge is 0.291 e. The predicted octanol–water partition coefficient (Wildman–Crippen LogP) is 6.46. The monoisotopic (exact) mass is 339 g/mol. The first-order valence-electron chi connectivity index (χ1n) is 10.1. The maximum atomic E-state index is 4.55. The summed E-state index contributed by atoms with van der Waals surface area (Å²) in [6, 6.07) is 15.3. The molecule has 1 aromatic carbocycles. The molecule has 0 fully saturated rings. The zero-order valence-corrected chi connectivity index (χ0v) is 16.4. The van der Waals surface area contributed by atoms with E-state index in [0.29, 0.717) is 0 Å². The Labute approximate surface area is 154 Å². The second-order valence-electron chi connectivity index (χ2n) is 7.14. The Balaban J connectivity index is 2.40. The molecule has 0 aliphatic heterocycles. The lowest BCUT2D eigenvalue weighted by atomic mass is 10.1. The summed E-state index contributed by atoms with van der Waals surface area (Å²) in [6.45, 7) is 10.7. The van der Waals surface area contributed by atoms with E-state index >= 15 is 0 Å². The average molecular weight is 340 g/mol. The average Bonchev–Trinajstić information content (AvgIpc) is 2.68. The van der Waals surface area contributed by atoms with Gasteiger partial charge >= 0.3 is 0 Å². The molecule has 1 heterocycles. The predicted molar refractivity (Wildman–Crippen MR) is 111 cm³/mol. The van der Waals surface area contributed by atoms with Gasteiger partial charge in [-0.25, -0.2) is 0 Å². The Kier molecular flexibility index (Phi) is 8.14. The van der Waals surface area contributed by atoms with Crippen molar-refractivity contribution in [1.82, 2.24) is 9.47 Å². The fraction of sp³-hybridized carbons (Fsp3) is 0.522. The van der Waals surface area contributed by atoms with Gasteiger partial charge in [-0.15, -0.1) is 0 Å². The Morgan fingerprint density at radius 3 is 1.92 bits per heavy atom. The molecule has 2 rings (SSSR count). The van der Waals surface area contributed by atoms with Crippen LogP contribution in [-0.2, 0) is 0 Å². The molecule has 2 heteroatoms. The minimum atomic E-state index is 1.07. The maximum Gasteiger partial charge on any atom is 0.133 e. The van der Waals surface area contributed by atoms with Crippen LogP contribution in [0.5, 0.6) is 0 Å². The summed E-state index contributed by atoms with van der Waals surface area (Å²) in [6.07, 6.45) is 9.55. The minimum Gasteiger partial charge on any atom is -0.291 e. The molecule has 0 atom stereocenters. The molecule has 0 aliphatic carbocycles. The van der Waals surface area contributed by atoms with Crippen LogP contribution in [0.2, 0.25) is 0 Å². The quantitative estimate of drug-likeness (QED) is 0.428. The molecular formula is C23H35N2+.